The summed E-state index contributed by atoms with van der Waals surface area (Å²) in [6, 6.07) is 5.74. The van der Waals surface area contributed by atoms with Crippen LogP contribution in [0.2, 0.25) is 5.02 Å². The molecular formula is C13H18ClNO. The molecule has 0 aromatic heterocycles. The lowest BCUT2D eigenvalue weighted by Gasteiger charge is -2.12. The molecule has 0 spiro atoms. The average molecular weight is 240 g/mol. The quantitative estimate of drug-likeness (QED) is 0.875. The molecule has 2 rings (SSSR count). The largest absolute Gasteiger partial charge is 0.493 e. The lowest BCUT2D eigenvalue weighted by Crippen LogP contribution is -2.08. The van der Waals surface area contributed by atoms with Gasteiger partial charge < -0.3 is 10.5 Å². The number of hydrogen-bond acceptors (Lipinski definition) is 2. The highest BCUT2D eigenvalue weighted by atomic mass is 35.5. The van der Waals surface area contributed by atoms with Gasteiger partial charge in [0.1, 0.15) is 5.75 Å². The zero-order chi connectivity index (χ0) is 11.4. The van der Waals surface area contributed by atoms with Crippen LogP contribution in [0.4, 0.5) is 0 Å². The predicted molar refractivity (Wildman–Crippen MR) is 66.8 cm³/mol. The number of ether oxygens (including phenoxy) is 1. The lowest BCUT2D eigenvalue weighted by atomic mass is 10.1. The summed E-state index contributed by atoms with van der Waals surface area (Å²) >= 11 is 6.06. The number of hydrogen-bond donors (Lipinski definition) is 1. The van der Waals surface area contributed by atoms with Crippen molar-refractivity contribution >= 4 is 11.6 Å². The minimum atomic E-state index is 0.474. The van der Waals surface area contributed by atoms with E-state index in [2.05, 4.69) is 0 Å². The molecule has 0 unspecified atom stereocenters. The highest BCUT2D eigenvalue weighted by Crippen LogP contribution is 2.27. The Bertz CT molecular complexity index is 348. The summed E-state index contributed by atoms with van der Waals surface area (Å²) in [7, 11) is 0. The highest BCUT2D eigenvalue weighted by Gasteiger charge is 2.15. The maximum absolute atomic E-state index is 6.06. The summed E-state index contributed by atoms with van der Waals surface area (Å²) in [5.74, 6) is 1.59. The van der Waals surface area contributed by atoms with Gasteiger partial charge in [-0.05, 0) is 36.5 Å². The Balaban J connectivity index is 1.91. The molecule has 2 nitrogen and oxygen atoms in total. The normalized spacial score (nSPS) is 16.6. The Kier molecular flexibility index (Phi) is 4.08. The molecule has 0 amide bonds. The molecule has 1 aromatic rings. The third kappa shape index (κ3) is 2.89. The molecule has 1 aliphatic carbocycles. The molecule has 1 fully saturated rings. The third-order valence-corrected chi connectivity index (χ3v) is 3.56. The maximum Gasteiger partial charge on any atom is 0.120 e. The van der Waals surface area contributed by atoms with Crippen LogP contribution in [-0.4, -0.2) is 6.61 Å². The van der Waals surface area contributed by atoms with Gasteiger partial charge in [-0.25, -0.2) is 0 Å². The standard InChI is InChI=1S/C13H18ClNO/c14-13-7-12(6-5-11(13)8-15)16-9-10-3-1-2-4-10/h5-7,10H,1-4,8-9,15H2. The maximum atomic E-state index is 6.06. The first-order valence-corrected chi connectivity index (χ1v) is 6.28. The minimum absolute atomic E-state index is 0.474. The third-order valence-electron chi connectivity index (χ3n) is 3.20. The number of halogens is 1. The molecule has 1 aromatic carbocycles. The topological polar surface area (TPSA) is 35.2 Å². The number of rotatable bonds is 4. The lowest BCUT2D eigenvalue weighted by molar-refractivity contribution is 0.252. The van der Waals surface area contributed by atoms with Gasteiger partial charge in [0.05, 0.1) is 6.61 Å². The van der Waals surface area contributed by atoms with Gasteiger partial charge in [-0.2, -0.15) is 0 Å². The van der Waals surface area contributed by atoms with Crippen molar-refractivity contribution in [2.24, 2.45) is 11.7 Å². The van der Waals surface area contributed by atoms with Gasteiger partial charge in [0, 0.05) is 11.6 Å². The second kappa shape index (κ2) is 5.55. The first-order chi connectivity index (χ1) is 7.79. The van der Waals surface area contributed by atoms with Gasteiger partial charge in [0.15, 0.2) is 0 Å². The summed E-state index contributed by atoms with van der Waals surface area (Å²) in [6.07, 6.45) is 5.30. The molecule has 88 valence electrons. The smallest absolute Gasteiger partial charge is 0.120 e. The SMILES string of the molecule is NCc1ccc(OCC2CCCC2)cc1Cl. The molecule has 0 aliphatic heterocycles. The van der Waals surface area contributed by atoms with Crippen LogP contribution in [0.15, 0.2) is 18.2 Å². The van der Waals surface area contributed by atoms with E-state index in [-0.39, 0.29) is 0 Å². The molecule has 0 radical (unpaired) electrons. The molecule has 0 bridgehead atoms. The van der Waals surface area contributed by atoms with Gasteiger partial charge in [-0.15, -0.1) is 0 Å². The number of nitrogens with two attached hydrogens (primary N) is 1. The molecule has 0 atom stereocenters. The molecule has 16 heavy (non-hydrogen) atoms. The van der Waals surface area contributed by atoms with E-state index in [9.17, 15) is 0 Å². The van der Waals surface area contributed by atoms with Gasteiger partial charge in [0.25, 0.3) is 0 Å². The Hall–Kier alpha value is -0.730. The van der Waals surface area contributed by atoms with Crippen LogP contribution in [0.5, 0.6) is 5.75 Å². The zero-order valence-corrected chi connectivity index (χ0v) is 10.2. The van der Waals surface area contributed by atoms with Crippen molar-refractivity contribution < 1.29 is 4.74 Å². The van der Waals surface area contributed by atoms with E-state index < -0.39 is 0 Å². The summed E-state index contributed by atoms with van der Waals surface area (Å²) in [5.41, 5.74) is 6.52. The van der Waals surface area contributed by atoms with Crippen molar-refractivity contribution in [3.8, 4) is 5.75 Å². The van der Waals surface area contributed by atoms with E-state index in [0.717, 1.165) is 23.8 Å². The van der Waals surface area contributed by atoms with Crippen molar-refractivity contribution in [2.75, 3.05) is 6.61 Å². The van der Waals surface area contributed by atoms with Crippen molar-refractivity contribution in [2.45, 2.75) is 32.2 Å². The molecule has 1 aliphatic rings. The van der Waals surface area contributed by atoms with Crippen LogP contribution in [0, 0.1) is 5.92 Å². The molecule has 0 heterocycles. The fourth-order valence-electron chi connectivity index (χ4n) is 2.17. The Morgan fingerprint density at radius 2 is 2.06 bits per heavy atom. The second-order valence-corrected chi connectivity index (χ2v) is 4.83. The van der Waals surface area contributed by atoms with Crippen LogP contribution >= 0.6 is 11.6 Å². The second-order valence-electron chi connectivity index (χ2n) is 4.42. The number of benzene rings is 1. The highest BCUT2D eigenvalue weighted by molar-refractivity contribution is 6.31. The van der Waals surface area contributed by atoms with E-state index >= 15 is 0 Å². The van der Waals surface area contributed by atoms with Crippen LogP contribution in [0.3, 0.4) is 0 Å². The van der Waals surface area contributed by atoms with Gasteiger partial charge in [-0.1, -0.05) is 30.5 Å². The summed E-state index contributed by atoms with van der Waals surface area (Å²) in [4.78, 5) is 0. The Labute approximate surface area is 102 Å². The van der Waals surface area contributed by atoms with Gasteiger partial charge in [0.2, 0.25) is 0 Å². The van der Waals surface area contributed by atoms with Crippen LogP contribution in [0.25, 0.3) is 0 Å². The summed E-state index contributed by atoms with van der Waals surface area (Å²) in [6.45, 7) is 1.29. The predicted octanol–water partition coefficient (Wildman–Crippen LogP) is 3.37. The van der Waals surface area contributed by atoms with Crippen LogP contribution < -0.4 is 10.5 Å². The Morgan fingerprint density at radius 3 is 2.69 bits per heavy atom. The van der Waals surface area contributed by atoms with E-state index in [0.29, 0.717) is 11.6 Å². The molecule has 2 N–H and O–H groups in total. The van der Waals surface area contributed by atoms with Crippen LogP contribution in [-0.2, 0) is 6.54 Å². The van der Waals surface area contributed by atoms with E-state index in [1.807, 2.05) is 18.2 Å². The summed E-state index contributed by atoms with van der Waals surface area (Å²) < 4.78 is 5.74. The van der Waals surface area contributed by atoms with E-state index in [4.69, 9.17) is 22.1 Å². The van der Waals surface area contributed by atoms with Crippen molar-refractivity contribution in [3.05, 3.63) is 28.8 Å². The molecule has 0 saturated heterocycles. The van der Waals surface area contributed by atoms with Crippen molar-refractivity contribution in [1.82, 2.24) is 0 Å². The van der Waals surface area contributed by atoms with Gasteiger partial charge >= 0.3 is 0 Å². The Morgan fingerprint density at radius 1 is 1.31 bits per heavy atom. The van der Waals surface area contributed by atoms with Crippen LogP contribution in [0.1, 0.15) is 31.2 Å². The van der Waals surface area contributed by atoms with E-state index in [1.54, 1.807) is 0 Å². The monoisotopic (exact) mass is 239 g/mol. The van der Waals surface area contributed by atoms with Gasteiger partial charge in [-0.3, -0.25) is 0 Å². The summed E-state index contributed by atoms with van der Waals surface area (Å²) in [5, 5.41) is 0.700. The fraction of sp³-hybridized carbons (Fsp3) is 0.538. The fourth-order valence-corrected chi connectivity index (χ4v) is 2.42. The molecular weight excluding hydrogens is 222 g/mol. The minimum Gasteiger partial charge on any atom is -0.493 e. The molecule has 3 heteroatoms. The molecule has 1 saturated carbocycles. The first-order valence-electron chi connectivity index (χ1n) is 5.91. The average Bonchev–Trinajstić information content (AvgIpc) is 2.79. The van der Waals surface area contributed by atoms with Crippen molar-refractivity contribution in [1.29, 1.82) is 0 Å². The first kappa shape index (κ1) is 11.7. The van der Waals surface area contributed by atoms with Crippen molar-refractivity contribution in [3.63, 3.8) is 0 Å². The van der Waals surface area contributed by atoms with E-state index in [1.165, 1.54) is 25.7 Å². The zero-order valence-electron chi connectivity index (χ0n) is 9.42.